The van der Waals surface area contributed by atoms with Gasteiger partial charge in [0.25, 0.3) is 0 Å². The number of carboxylic acids is 1. The van der Waals surface area contributed by atoms with Crippen LogP contribution in [-0.2, 0) is 20.4 Å². The Kier molecular flexibility index (Phi) is 5.17. The number of carboxylic acid groups (broad SMARTS) is 1. The van der Waals surface area contributed by atoms with E-state index in [9.17, 15) is 13.8 Å². The number of hydrogen-bond acceptors (Lipinski definition) is 5. The number of thiocarbonyl (C=S) groups is 1. The monoisotopic (exact) mass is 348 g/mol. The van der Waals surface area contributed by atoms with E-state index in [4.69, 9.17) is 28.3 Å². The molecule has 3 N–H and O–H groups in total. The highest BCUT2D eigenvalue weighted by Crippen LogP contribution is 2.05. The van der Waals surface area contributed by atoms with Gasteiger partial charge in [-0.05, 0) is 12.7 Å². The number of hydrogen-bond donors (Lipinski definition) is 3. The van der Waals surface area contributed by atoms with Crippen molar-refractivity contribution in [3.63, 3.8) is 0 Å². The van der Waals surface area contributed by atoms with Gasteiger partial charge in [-0.1, -0.05) is 24.0 Å². The van der Waals surface area contributed by atoms with E-state index in [0.29, 0.717) is 11.8 Å². The number of carbonyl (C=O) groups is 2. The lowest BCUT2D eigenvalue weighted by atomic mass is 10.3. The lowest BCUT2D eigenvalue weighted by Gasteiger charge is -2.13. The summed E-state index contributed by atoms with van der Waals surface area (Å²) in [5.41, 5.74) is -3.22. The second kappa shape index (κ2) is 11.0. The van der Waals surface area contributed by atoms with E-state index in [1.165, 1.54) is 0 Å². The minimum absolute atomic E-state index is 0.327. The molecule has 116 valence electrons. The molecule has 0 fully saturated rings. The van der Waals surface area contributed by atoms with E-state index in [-0.39, 0.29) is 5.75 Å². The molecule has 0 saturated heterocycles. The maximum absolute atomic E-state index is 11.5. The predicted octanol–water partition coefficient (Wildman–Crippen LogP) is 0.342. The van der Waals surface area contributed by atoms with Gasteiger partial charge in [-0.3, -0.25) is 9.00 Å². The van der Waals surface area contributed by atoms with Crippen molar-refractivity contribution in [1.82, 2.24) is 10.6 Å². The number of nitrogens with one attached hydrogen (secondary N) is 2. The predicted molar refractivity (Wildman–Crippen MR) is 86.5 cm³/mol. The lowest BCUT2D eigenvalue weighted by molar-refractivity contribution is -0.140. The van der Waals surface area contributed by atoms with Crippen LogP contribution in [0.5, 0.6) is 0 Å². The van der Waals surface area contributed by atoms with Crippen LogP contribution in [0.4, 0.5) is 0 Å². The topological polar surface area (TPSA) is 95.5 Å². The molecule has 0 aliphatic carbocycles. The molecular weight excluding hydrogens is 320 g/mol. The molecule has 0 radical (unpaired) electrons. The first kappa shape index (κ1) is 9.37. The van der Waals surface area contributed by atoms with Gasteiger partial charge < -0.3 is 15.7 Å². The number of aliphatic carboxylic acids is 1. The Balaban J connectivity index is 5.39. The van der Waals surface area contributed by atoms with Gasteiger partial charge in [-0.2, -0.15) is 0 Å². The third-order valence-electron chi connectivity index (χ3n) is 1.54. The number of amides is 1. The Morgan fingerprint density at radius 1 is 1.50 bits per heavy atom. The fourth-order valence-electron chi connectivity index (χ4n) is 0.826. The summed E-state index contributed by atoms with van der Waals surface area (Å²) in [6.45, 7) is -2.15. The Morgan fingerprint density at radius 3 is 2.65 bits per heavy atom. The zero-order valence-electron chi connectivity index (χ0n) is 18.7. The molecule has 0 aromatic rings. The molecule has 0 aromatic heterocycles. The Hall–Kier alpha value is -0.670. The smallest absolute Gasteiger partial charge is 0.327 e. The zero-order chi connectivity index (χ0) is 22.7. The molecule has 2 unspecified atom stereocenters. The van der Waals surface area contributed by atoms with E-state index in [0.717, 1.165) is 13.2 Å². The fourth-order valence-corrected chi connectivity index (χ4v) is 1.94. The Labute approximate surface area is 142 Å². The average molecular weight is 349 g/mol. The van der Waals surface area contributed by atoms with Gasteiger partial charge in [-0.15, -0.1) is 0 Å². The first-order valence-corrected chi connectivity index (χ1v) is 8.05. The average Bonchev–Trinajstić information content (AvgIpc) is 2.49. The van der Waals surface area contributed by atoms with Gasteiger partial charge in [0, 0.05) is 52.9 Å². The van der Waals surface area contributed by atoms with Crippen molar-refractivity contribution < 1.29 is 29.9 Å². The Bertz CT molecular complexity index is 662. The van der Waals surface area contributed by atoms with Crippen LogP contribution >= 0.6 is 24.0 Å². The van der Waals surface area contributed by atoms with Crippen LogP contribution in [0.15, 0.2) is 0 Å². The molecule has 2 atom stereocenters. The highest BCUT2D eigenvalue weighted by molar-refractivity contribution is 8.23. The first-order chi connectivity index (χ1) is 12.3. The largest absolute Gasteiger partial charge is 0.480 e. The number of thioether (sulfide) groups is 1. The molecule has 0 rings (SSSR count). The molecule has 6 nitrogen and oxygen atoms in total. The molecule has 9 heteroatoms. The summed E-state index contributed by atoms with van der Waals surface area (Å²) in [6.07, 6.45) is -6.24. The standard InChI is InChI=1S/C11H20N2O4S3/c1-8(14)13-9(10(15)16)7-19-11(18)12-5-3-4-6-20(2)17/h9H,3-7H2,1-2H3,(H,12,18)(H,13,14)(H,15,16)/i3D2,4D2,5D2,6D2. The van der Waals surface area contributed by atoms with Crippen molar-refractivity contribution >= 4 is 51.0 Å². The second-order valence-electron chi connectivity index (χ2n) is 3.25. The summed E-state index contributed by atoms with van der Waals surface area (Å²) in [5, 5.41) is 13.0. The van der Waals surface area contributed by atoms with Crippen molar-refractivity contribution in [3.8, 4) is 0 Å². The number of rotatable bonds is 9. The van der Waals surface area contributed by atoms with Crippen molar-refractivity contribution in [1.29, 1.82) is 0 Å². The molecule has 0 saturated carbocycles. The Morgan fingerprint density at radius 2 is 2.15 bits per heavy atom. The molecule has 0 aromatic carbocycles. The van der Waals surface area contributed by atoms with Crippen LogP contribution in [-0.4, -0.2) is 55.8 Å². The molecular formula is C11H20N2O4S3. The molecule has 0 heterocycles. The zero-order valence-corrected chi connectivity index (χ0v) is 13.1. The molecule has 1 amide bonds. The highest BCUT2D eigenvalue weighted by Gasteiger charge is 2.18. The summed E-state index contributed by atoms with van der Waals surface area (Å²) in [7, 11) is -2.48. The summed E-state index contributed by atoms with van der Waals surface area (Å²) in [4.78, 5) is 22.0. The fraction of sp³-hybridized carbons (Fsp3) is 0.727. The number of carbonyl (C=O) groups excluding carboxylic acids is 1. The van der Waals surface area contributed by atoms with E-state index in [2.05, 4.69) is 5.32 Å². The van der Waals surface area contributed by atoms with Gasteiger partial charge in [0.05, 0.1) is 0 Å². The van der Waals surface area contributed by atoms with Gasteiger partial charge in [-0.25, -0.2) is 4.79 Å². The van der Waals surface area contributed by atoms with E-state index in [1.807, 2.05) is 5.32 Å². The van der Waals surface area contributed by atoms with Crippen molar-refractivity contribution in [2.45, 2.75) is 25.7 Å². The summed E-state index contributed by atoms with van der Waals surface area (Å²) in [6, 6.07) is -1.35. The molecule has 0 spiro atoms. The maximum Gasteiger partial charge on any atom is 0.327 e. The van der Waals surface area contributed by atoms with Crippen molar-refractivity contribution in [3.05, 3.63) is 0 Å². The minimum Gasteiger partial charge on any atom is -0.480 e. The van der Waals surface area contributed by atoms with Gasteiger partial charge in [0.2, 0.25) is 5.91 Å². The summed E-state index contributed by atoms with van der Waals surface area (Å²) >= 11 is 5.38. The van der Waals surface area contributed by atoms with Crippen molar-refractivity contribution in [2.75, 3.05) is 24.2 Å². The SMILES string of the molecule is [2H]C([2H])(NC(=S)SCC(NC(C)=O)C(=O)O)C([2H])([2H])C([2H])([2H])C([2H])([2H])S(C)=O. The van der Waals surface area contributed by atoms with Gasteiger partial charge >= 0.3 is 5.97 Å². The van der Waals surface area contributed by atoms with Crippen molar-refractivity contribution in [2.24, 2.45) is 0 Å². The molecule has 0 aliphatic heterocycles. The van der Waals surface area contributed by atoms with Gasteiger partial charge in [0.1, 0.15) is 10.4 Å². The summed E-state index contributed by atoms with van der Waals surface area (Å²) in [5.74, 6) is -2.33. The third kappa shape index (κ3) is 11.2. The molecule has 0 aliphatic rings. The normalized spacial score (nSPS) is 22.1. The van der Waals surface area contributed by atoms with Gasteiger partial charge in [0.15, 0.2) is 0 Å². The quantitative estimate of drug-likeness (QED) is 0.517. The minimum atomic E-state index is -3.54. The summed E-state index contributed by atoms with van der Waals surface area (Å²) < 4.78 is 72.9. The van der Waals surface area contributed by atoms with Crippen LogP contribution < -0.4 is 10.6 Å². The third-order valence-corrected chi connectivity index (χ3v) is 3.25. The van der Waals surface area contributed by atoms with E-state index < -0.39 is 58.0 Å². The van der Waals surface area contributed by atoms with Crippen LogP contribution in [0.2, 0.25) is 0 Å². The van der Waals surface area contributed by atoms with Crippen LogP contribution in [0.3, 0.4) is 0 Å². The highest BCUT2D eigenvalue weighted by atomic mass is 32.2. The van der Waals surface area contributed by atoms with Crippen LogP contribution in [0.1, 0.15) is 30.6 Å². The molecule has 0 bridgehead atoms. The van der Waals surface area contributed by atoms with E-state index >= 15 is 0 Å². The first-order valence-electron chi connectivity index (χ1n) is 9.09. The maximum atomic E-state index is 11.5. The second-order valence-corrected chi connectivity index (χ2v) is 6.06. The molecule has 20 heavy (non-hydrogen) atoms. The lowest BCUT2D eigenvalue weighted by Crippen LogP contribution is -2.42. The van der Waals surface area contributed by atoms with Crippen LogP contribution in [0.25, 0.3) is 0 Å². The van der Waals surface area contributed by atoms with E-state index in [1.54, 1.807) is 0 Å². The van der Waals surface area contributed by atoms with Crippen LogP contribution in [0, 0.1) is 0 Å².